The highest BCUT2D eigenvalue weighted by Gasteiger charge is 2.32. The number of carbonyl (C=O) groups excluding carboxylic acids is 2. The van der Waals surface area contributed by atoms with E-state index in [1.54, 1.807) is 0 Å². The molecule has 0 saturated carbocycles. The van der Waals surface area contributed by atoms with Crippen LogP contribution < -0.4 is 10.6 Å². The summed E-state index contributed by atoms with van der Waals surface area (Å²) in [5.41, 5.74) is 0. The molecule has 196 valence electrons. The van der Waals surface area contributed by atoms with E-state index in [1.165, 1.54) is 0 Å². The van der Waals surface area contributed by atoms with Gasteiger partial charge in [-0.3, -0.25) is 14.5 Å². The smallest absolute Gasteiger partial charge is 0.238 e. The first kappa shape index (κ1) is 31.9. The second-order valence-corrected chi connectivity index (χ2v) is 9.90. The van der Waals surface area contributed by atoms with Crippen LogP contribution in [-0.2, 0) is 23.8 Å². The Balaban J connectivity index is 4.22. The number of Topliss-reactive ketones (excluding diaryl/α,β-unsaturated/α-hetero) is 1. The standard InChI is InChI=1S/C25H51N3O5/c1-18(2)22(24(29)20(5)6)27-25(30)23(19(3)4)28(9)11-13-32-15-17-33-16-14-31-12-10-26-21(7)8/h18-23,26H,10-17H2,1-9H3,(H,27,30)/t22-,23-/m0/s1. The van der Waals surface area contributed by atoms with Crippen LogP contribution in [0.15, 0.2) is 0 Å². The molecule has 0 rings (SSSR count). The molecule has 0 heterocycles. The van der Waals surface area contributed by atoms with Gasteiger partial charge in [0.05, 0.1) is 51.7 Å². The minimum absolute atomic E-state index is 0.0485. The summed E-state index contributed by atoms with van der Waals surface area (Å²) in [4.78, 5) is 27.5. The zero-order valence-corrected chi connectivity index (χ0v) is 22.6. The molecule has 0 aliphatic carbocycles. The number of ketones is 1. The van der Waals surface area contributed by atoms with Crippen LogP contribution in [0.5, 0.6) is 0 Å². The SMILES string of the molecule is CC(C)NCCOCCOCCOCCN(C)[C@H](C(=O)N[C@H](C(=O)C(C)C)C(C)C)C(C)C. The highest BCUT2D eigenvalue weighted by atomic mass is 16.5. The molecule has 0 aliphatic rings. The first-order valence-corrected chi connectivity index (χ1v) is 12.5. The lowest BCUT2D eigenvalue weighted by Crippen LogP contribution is -2.55. The van der Waals surface area contributed by atoms with Gasteiger partial charge in [-0.15, -0.1) is 0 Å². The quantitative estimate of drug-likeness (QED) is 0.262. The average Bonchev–Trinajstić information content (AvgIpc) is 2.71. The molecule has 0 spiro atoms. The summed E-state index contributed by atoms with van der Waals surface area (Å²) in [7, 11) is 1.92. The zero-order valence-electron chi connectivity index (χ0n) is 22.6. The van der Waals surface area contributed by atoms with Crippen LogP contribution in [0.3, 0.4) is 0 Å². The Morgan fingerprint density at radius 2 is 1.27 bits per heavy atom. The number of hydrogen-bond acceptors (Lipinski definition) is 7. The molecule has 0 aromatic carbocycles. The predicted octanol–water partition coefficient (Wildman–Crippen LogP) is 2.36. The maximum absolute atomic E-state index is 13.0. The molecule has 33 heavy (non-hydrogen) atoms. The van der Waals surface area contributed by atoms with E-state index in [0.717, 1.165) is 6.54 Å². The normalized spacial score (nSPS) is 14.0. The van der Waals surface area contributed by atoms with Crippen molar-refractivity contribution >= 4 is 11.7 Å². The molecule has 8 nitrogen and oxygen atoms in total. The van der Waals surface area contributed by atoms with Crippen molar-refractivity contribution in [3.8, 4) is 0 Å². The number of nitrogens with one attached hydrogen (secondary N) is 2. The number of likely N-dealkylation sites (N-methyl/N-ethyl adjacent to an activating group) is 1. The number of carbonyl (C=O) groups is 2. The molecule has 0 aliphatic heterocycles. The number of nitrogens with zero attached hydrogens (tertiary/aromatic N) is 1. The van der Waals surface area contributed by atoms with E-state index in [9.17, 15) is 9.59 Å². The summed E-state index contributed by atoms with van der Waals surface area (Å²) in [6.45, 7) is 20.7. The highest BCUT2D eigenvalue weighted by molar-refractivity contribution is 5.92. The molecular formula is C25H51N3O5. The van der Waals surface area contributed by atoms with Crippen LogP contribution in [0.25, 0.3) is 0 Å². The minimum atomic E-state index is -0.462. The van der Waals surface area contributed by atoms with E-state index < -0.39 is 6.04 Å². The van der Waals surface area contributed by atoms with Crippen molar-refractivity contribution in [2.45, 2.75) is 73.5 Å². The number of amides is 1. The molecule has 0 bridgehead atoms. The van der Waals surface area contributed by atoms with E-state index in [4.69, 9.17) is 14.2 Å². The van der Waals surface area contributed by atoms with Gasteiger partial charge >= 0.3 is 0 Å². The molecule has 2 atom stereocenters. The highest BCUT2D eigenvalue weighted by Crippen LogP contribution is 2.13. The van der Waals surface area contributed by atoms with E-state index in [0.29, 0.717) is 52.2 Å². The van der Waals surface area contributed by atoms with Crippen molar-refractivity contribution < 1.29 is 23.8 Å². The van der Waals surface area contributed by atoms with Gasteiger partial charge in [-0.05, 0) is 18.9 Å². The number of hydrogen-bond donors (Lipinski definition) is 2. The summed E-state index contributed by atoms with van der Waals surface area (Å²) in [6, 6.07) is -0.318. The molecule has 0 aromatic rings. The molecule has 0 saturated heterocycles. The summed E-state index contributed by atoms with van der Waals surface area (Å²) in [6.07, 6.45) is 0. The van der Waals surface area contributed by atoms with E-state index in [2.05, 4.69) is 24.5 Å². The monoisotopic (exact) mass is 473 g/mol. The van der Waals surface area contributed by atoms with Gasteiger partial charge in [-0.1, -0.05) is 55.4 Å². The van der Waals surface area contributed by atoms with Gasteiger partial charge in [0.25, 0.3) is 0 Å². The van der Waals surface area contributed by atoms with Crippen LogP contribution in [0.1, 0.15) is 55.4 Å². The van der Waals surface area contributed by atoms with Crippen molar-refractivity contribution in [1.82, 2.24) is 15.5 Å². The Bertz CT molecular complexity index is 526. The maximum atomic E-state index is 13.0. The summed E-state index contributed by atoms with van der Waals surface area (Å²) >= 11 is 0. The van der Waals surface area contributed by atoms with E-state index >= 15 is 0 Å². The van der Waals surface area contributed by atoms with Crippen LogP contribution >= 0.6 is 0 Å². The first-order valence-electron chi connectivity index (χ1n) is 12.5. The van der Waals surface area contributed by atoms with Gasteiger partial charge in [-0.25, -0.2) is 0 Å². The van der Waals surface area contributed by atoms with Crippen molar-refractivity contribution in [3.05, 3.63) is 0 Å². The van der Waals surface area contributed by atoms with Gasteiger partial charge in [0.2, 0.25) is 5.91 Å². The lowest BCUT2D eigenvalue weighted by molar-refractivity contribution is -0.134. The summed E-state index contributed by atoms with van der Waals surface area (Å²) < 4.78 is 16.7. The Hall–Kier alpha value is -1.06. The predicted molar refractivity (Wildman–Crippen MR) is 133 cm³/mol. The van der Waals surface area contributed by atoms with Crippen molar-refractivity contribution in [2.24, 2.45) is 17.8 Å². The fraction of sp³-hybridized carbons (Fsp3) is 0.920. The average molecular weight is 474 g/mol. The number of rotatable bonds is 20. The van der Waals surface area contributed by atoms with Gasteiger partial charge in [0, 0.05) is 25.0 Å². The molecule has 2 N–H and O–H groups in total. The third-order valence-electron chi connectivity index (χ3n) is 5.35. The minimum Gasteiger partial charge on any atom is -0.378 e. The van der Waals surface area contributed by atoms with Crippen molar-refractivity contribution in [1.29, 1.82) is 0 Å². The first-order chi connectivity index (χ1) is 15.5. The fourth-order valence-electron chi connectivity index (χ4n) is 3.49. The fourth-order valence-corrected chi connectivity index (χ4v) is 3.49. The molecule has 8 heteroatoms. The van der Waals surface area contributed by atoms with Crippen LogP contribution in [0, 0.1) is 17.8 Å². The van der Waals surface area contributed by atoms with Crippen LogP contribution in [0.2, 0.25) is 0 Å². The molecule has 0 fully saturated rings. The second kappa shape index (κ2) is 18.3. The zero-order chi connectivity index (χ0) is 25.4. The third kappa shape index (κ3) is 14.7. The molecule has 0 aromatic heterocycles. The summed E-state index contributed by atoms with van der Waals surface area (Å²) in [5.74, 6) is 0.0111. The molecule has 0 unspecified atom stereocenters. The Labute approximate surface area is 202 Å². The van der Waals surface area contributed by atoms with Gasteiger partial charge in [0.15, 0.2) is 5.78 Å². The lowest BCUT2D eigenvalue weighted by atomic mass is 9.92. The maximum Gasteiger partial charge on any atom is 0.238 e. The van der Waals surface area contributed by atoms with Crippen LogP contribution in [-0.4, -0.2) is 94.5 Å². The van der Waals surface area contributed by atoms with Gasteiger partial charge in [-0.2, -0.15) is 0 Å². The number of ether oxygens (including phenoxy) is 3. The lowest BCUT2D eigenvalue weighted by Gasteiger charge is -2.32. The summed E-state index contributed by atoms with van der Waals surface area (Å²) in [5, 5.41) is 6.30. The van der Waals surface area contributed by atoms with Gasteiger partial charge in [0.1, 0.15) is 0 Å². The largest absolute Gasteiger partial charge is 0.378 e. The Kier molecular flexibility index (Phi) is 17.7. The van der Waals surface area contributed by atoms with E-state index in [-0.39, 0.29) is 35.5 Å². The Morgan fingerprint density at radius 3 is 1.73 bits per heavy atom. The van der Waals surface area contributed by atoms with Crippen molar-refractivity contribution in [2.75, 3.05) is 59.8 Å². The third-order valence-corrected chi connectivity index (χ3v) is 5.35. The topological polar surface area (TPSA) is 89.1 Å². The molecule has 1 amide bonds. The molecular weight excluding hydrogens is 422 g/mol. The van der Waals surface area contributed by atoms with E-state index in [1.807, 2.05) is 53.5 Å². The van der Waals surface area contributed by atoms with Crippen molar-refractivity contribution in [3.63, 3.8) is 0 Å². The molecule has 0 radical (unpaired) electrons. The Morgan fingerprint density at radius 1 is 0.758 bits per heavy atom. The second-order valence-electron chi connectivity index (χ2n) is 9.90. The van der Waals surface area contributed by atoms with Gasteiger partial charge < -0.3 is 24.8 Å². The van der Waals surface area contributed by atoms with Crippen LogP contribution in [0.4, 0.5) is 0 Å².